The lowest BCUT2D eigenvalue weighted by atomic mass is 9.94. The first-order valence-electron chi connectivity index (χ1n) is 7.99. The molecule has 20 heavy (non-hydrogen) atoms. The summed E-state index contributed by atoms with van der Waals surface area (Å²) in [7, 11) is 0. The molecule has 0 heterocycles. The Bertz CT molecular complexity index is 460. The molecule has 3 rings (SSSR count). The number of rotatable bonds is 4. The molecule has 2 aliphatic carbocycles. The van der Waals surface area contributed by atoms with Crippen LogP contribution in [-0.4, -0.2) is 23.9 Å². The second-order valence-electron chi connectivity index (χ2n) is 5.98. The van der Waals surface area contributed by atoms with Gasteiger partial charge in [-0.25, -0.2) is 0 Å². The van der Waals surface area contributed by atoms with Crippen LogP contribution in [0.4, 0.5) is 0 Å². The van der Waals surface area contributed by atoms with E-state index in [0.717, 1.165) is 50.8 Å². The predicted molar refractivity (Wildman–Crippen MR) is 80.1 cm³/mol. The lowest BCUT2D eigenvalue weighted by molar-refractivity contribution is 0.00644. The molecule has 0 amide bonds. The maximum atomic E-state index is 10.1. The summed E-state index contributed by atoms with van der Waals surface area (Å²) in [5.74, 6) is 0.994. The van der Waals surface area contributed by atoms with E-state index >= 15 is 0 Å². The Morgan fingerprint density at radius 3 is 2.90 bits per heavy atom. The van der Waals surface area contributed by atoms with Crippen molar-refractivity contribution in [2.75, 3.05) is 6.54 Å². The van der Waals surface area contributed by atoms with E-state index in [-0.39, 0.29) is 12.2 Å². The minimum absolute atomic E-state index is 0.0200. The highest BCUT2D eigenvalue weighted by atomic mass is 16.5. The molecule has 3 unspecified atom stereocenters. The summed E-state index contributed by atoms with van der Waals surface area (Å²) in [6.07, 6.45) is 6.04. The fourth-order valence-corrected chi connectivity index (χ4v) is 3.57. The summed E-state index contributed by atoms with van der Waals surface area (Å²) >= 11 is 0. The van der Waals surface area contributed by atoms with E-state index in [2.05, 4.69) is 30.4 Å². The molecule has 0 spiro atoms. The number of aliphatic hydroxyl groups excluding tert-OH is 1. The monoisotopic (exact) mass is 275 g/mol. The van der Waals surface area contributed by atoms with Crippen molar-refractivity contribution in [3.8, 4) is 5.75 Å². The van der Waals surface area contributed by atoms with Crippen molar-refractivity contribution >= 4 is 0 Å². The van der Waals surface area contributed by atoms with Crippen LogP contribution in [0, 0.1) is 0 Å². The van der Waals surface area contributed by atoms with Gasteiger partial charge in [0, 0.05) is 6.04 Å². The molecule has 2 aliphatic rings. The number of aliphatic hydroxyl groups is 1. The molecule has 0 aromatic heterocycles. The minimum Gasteiger partial charge on any atom is -0.487 e. The molecular formula is C17H25NO2. The van der Waals surface area contributed by atoms with Gasteiger partial charge in [-0.05, 0) is 55.8 Å². The van der Waals surface area contributed by atoms with Crippen molar-refractivity contribution in [2.24, 2.45) is 0 Å². The third kappa shape index (κ3) is 2.70. The van der Waals surface area contributed by atoms with Crippen LogP contribution in [0.1, 0.15) is 56.2 Å². The molecule has 0 bridgehead atoms. The lowest BCUT2D eigenvalue weighted by Crippen LogP contribution is -2.34. The SMILES string of the molecule is CCNC1CCc2c(OC3CCCCC3O)cccc21. The van der Waals surface area contributed by atoms with Crippen molar-refractivity contribution in [3.05, 3.63) is 29.3 Å². The van der Waals surface area contributed by atoms with Crippen molar-refractivity contribution in [1.29, 1.82) is 0 Å². The fraction of sp³-hybridized carbons (Fsp3) is 0.647. The van der Waals surface area contributed by atoms with Gasteiger partial charge in [0.05, 0.1) is 6.10 Å². The number of hydrogen-bond acceptors (Lipinski definition) is 3. The van der Waals surface area contributed by atoms with Crippen LogP contribution < -0.4 is 10.1 Å². The van der Waals surface area contributed by atoms with E-state index < -0.39 is 0 Å². The maximum absolute atomic E-state index is 10.1. The Morgan fingerprint density at radius 2 is 2.10 bits per heavy atom. The normalized spacial score (nSPS) is 29.2. The Kier molecular flexibility index (Phi) is 4.27. The average molecular weight is 275 g/mol. The summed E-state index contributed by atoms with van der Waals surface area (Å²) < 4.78 is 6.16. The van der Waals surface area contributed by atoms with Crippen LogP contribution in [-0.2, 0) is 6.42 Å². The number of hydrogen-bond donors (Lipinski definition) is 2. The van der Waals surface area contributed by atoms with E-state index in [1.807, 2.05) is 0 Å². The first kappa shape index (κ1) is 13.9. The number of nitrogens with one attached hydrogen (secondary N) is 1. The predicted octanol–water partition coefficient (Wildman–Crippen LogP) is 2.97. The third-order valence-electron chi connectivity index (χ3n) is 4.62. The fourth-order valence-electron chi connectivity index (χ4n) is 3.57. The summed E-state index contributed by atoms with van der Waals surface area (Å²) in [5.41, 5.74) is 2.73. The van der Waals surface area contributed by atoms with Gasteiger partial charge in [0.15, 0.2) is 0 Å². The van der Waals surface area contributed by atoms with Gasteiger partial charge in [0.1, 0.15) is 11.9 Å². The molecule has 3 nitrogen and oxygen atoms in total. The van der Waals surface area contributed by atoms with E-state index in [1.165, 1.54) is 11.1 Å². The zero-order valence-electron chi connectivity index (χ0n) is 12.3. The highest BCUT2D eigenvalue weighted by Crippen LogP contribution is 2.38. The Labute approximate surface area is 121 Å². The van der Waals surface area contributed by atoms with Gasteiger partial charge in [0.25, 0.3) is 0 Å². The van der Waals surface area contributed by atoms with E-state index in [1.54, 1.807) is 0 Å². The van der Waals surface area contributed by atoms with Gasteiger partial charge in [-0.15, -0.1) is 0 Å². The zero-order chi connectivity index (χ0) is 13.9. The van der Waals surface area contributed by atoms with Crippen LogP contribution in [0.2, 0.25) is 0 Å². The molecule has 3 atom stereocenters. The van der Waals surface area contributed by atoms with Crippen LogP contribution in [0.5, 0.6) is 5.75 Å². The highest BCUT2D eigenvalue weighted by Gasteiger charge is 2.28. The van der Waals surface area contributed by atoms with E-state index in [0.29, 0.717) is 6.04 Å². The van der Waals surface area contributed by atoms with Gasteiger partial charge in [0.2, 0.25) is 0 Å². The smallest absolute Gasteiger partial charge is 0.124 e. The average Bonchev–Trinajstić information content (AvgIpc) is 2.86. The standard InChI is InChI=1S/C17H25NO2/c1-2-18-14-11-10-13-12(14)6-5-9-16(13)20-17-8-4-3-7-15(17)19/h5-6,9,14-15,17-19H,2-4,7-8,10-11H2,1H3. The summed E-state index contributed by atoms with van der Waals surface area (Å²) in [4.78, 5) is 0. The molecular weight excluding hydrogens is 250 g/mol. The molecule has 110 valence electrons. The molecule has 1 aromatic carbocycles. The number of ether oxygens (including phenoxy) is 1. The van der Waals surface area contributed by atoms with Gasteiger partial charge < -0.3 is 15.2 Å². The maximum Gasteiger partial charge on any atom is 0.124 e. The van der Waals surface area contributed by atoms with Crippen molar-refractivity contribution in [1.82, 2.24) is 5.32 Å². The van der Waals surface area contributed by atoms with Gasteiger partial charge in [-0.3, -0.25) is 0 Å². The topological polar surface area (TPSA) is 41.5 Å². The zero-order valence-corrected chi connectivity index (χ0v) is 12.3. The molecule has 2 N–H and O–H groups in total. The summed E-state index contributed by atoms with van der Waals surface area (Å²) in [5, 5.41) is 13.6. The Balaban J connectivity index is 1.78. The van der Waals surface area contributed by atoms with Crippen LogP contribution in [0.25, 0.3) is 0 Å². The van der Waals surface area contributed by atoms with Gasteiger partial charge in [-0.1, -0.05) is 25.5 Å². The highest BCUT2D eigenvalue weighted by molar-refractivity contribution is 5.45. The second kappa shape index (κ2) is 6.15. The quantitative estimate of drug-likeness (QED) is 0.887. The van der Waals surface area contributed by atoms with Gasteiger partial charge >= 0.3 is 0 Å². The number of benzene rings is 1. The third-order valence-corrected chi connectivity index (χ3v) is 4.62. The molecule has 1 fully saturated rings. The van der Waals surface area contributed by atoms with Crippen LogP contribution >= 0.6 is 0 Å². The van der Waals surface area contributed by atoms with E-state index in [9.17, 15) is 5.11 Å². The molecule has 1 saturated carbocycles. The first-order valence-corrected chi connectivity index (χ1v) is 7.99. The Morgan fingerprint density at radius 1 is 1.25 bits per heavy atom. The second-order valence-corrected chi connectivity index (χ2v) is 5.98. The first-order chi connectivity index (χ1) is 9.79. The Hall–Kier alpha value is -1.06. The largest absolute Gasteiger partial charge is 0.487 e. The van der Waals surface area contributed by atoms with Crippen LogP contribution in [0.15, 0.2) is 18.2 Å². The van der Waals surface area contributed by atoms with Crippen molar-refractivity contribution < 1.29 is 9.84 Å². The summed E-state index contributed by atoms with van der Waals surface area (Å²) in [6, 6.07) is 6.82. The molecule has 0 radical (unpaired) electrons. The number of fused-ring (bicyclic) bond motifs is 1. The molecule has 0 aliphatic heterocycles. The molecule has 1 aromatic rings. The molecule has 3 heteroatoms. The van der Waals surface area contributed by atoms with Crippen molar-refractivity contribution in [3.63, 3.8) is 0 Å². The van der Waals surface area contributed by atoms with Gasteiger partial charge in [-0.2, -0.15) is 0 Å². The van der Waals surface area contributed by atoms with Crippen LogP contribution in [0.3, 0.4) is 0 Å². The molecule has 0 saturated heterocycles. The van der Waals surface area contributed by atoms with E-state index in [4.69, 9.17) is 4.74 Å². The minimum atomic E-state index is -0.300. The lowest BCUT2D eigenvalue weighted by Gasteiger charge is -2.29. The van der Waals surface area contributed by atoms with Crippen molar-refractivity contribution in [2.45, 2.75) is 63.7 Å². The summed E-state index contributed by atoms with van der Waals surface area (Å²) in [6.45, 7) is 3.15.